The van der Waals surface area contributed by atoms with Crippen molar-refractivity contribution in [3.8, 4) is 5.40 Å². The number of rotatable bonds is 4. The first kappa shape index (κ1) is 13.6. The maximum atomic E-state index is 9.65. The van der Waals surface area contributed by atoms with Crippen molar-refractivity contribution >= 4 is 28.2 Å². The second kappa shape index (κ2) is 6.93. The van der Waals surface area contributed by atoms with Gasteiger partial charge >= 0.3 is 0 Å². The molecule has 0 fully saturated rings. The summed E-state index contributed by atoms with van der Waals surface area (Å²) in [6, 6.07) is 0. The topological polar surface area (TPSA) is 70.0 Å². The number of thioether (sulfide) groups is 1. The number of thiol groups is 1. The minimum atomic E-state index is 0.199. The largest absolute Gasteiger partial charge is 0.401 e. The van der Waals surface area contributed by atoms with Crippen LogP contribution in [-0.2, 0) is 0 Å². The molecule has 0 aromatic carbocycles. The van der Waals surface area contributed by atoms with Crippen molar-refractivity contribution in [3.63, 3.8) is 0 Å². The van der Waals surface area contributed by atoms with Gasteiger partial charge in [-0.2, -0.15) is 16.6 Å². The Bertz CT molecular complexity index is 286. The van der Waals surface area contributed by atoms with Crippen LogP contribution in [-0.4, -0.2) is 15.9 Å². The Labute approximate surface area is 92.9 Å². The quantitative estimate of drug-likeness (QED) is 0.301. The first-order chi connectivity index (χ1) is 6.49. The molecule has 0 unspecified atom stereocenters. The zero-order valence-corrected chi connectivity index (χ0v) is 10.3. The van der Waals surface area contributed by atoms with Gasteiger partial charge in [0.05, 0.1) is 4.91 Å². The zero-order chi connectivity index (χ0) is 11.1. The van der Waals surface area contributed by atoms with Gasteiger partial charge < -0.3 is 10.8 Å². The fourth-order valence-electron chi connectivity index (χ4n) is 0.689. The minimum absolute atomic E-state index is 0.199. The van der Waals surface area contributed by atoms with Crippen LogP contribution in [0.4, 0.5) is 0 Å². The highest BCUT2D eigenvalue weighted by Gasteiger charge is 2.06. The van der Waals surface area contributed by atoms with E-state index >= 15 is 0 Å². The van der Waals surface area contributed by atoms with Crippen molar-refractivity contribution < 1.29 is 5.11 Å². The van der Waals surface area contributed by atoms with Gasteiger partial charge in [-0.15, -0.1) is 0 Å². The average Bonchev–Trinajstić information content (AvgIpc) is 2.09. The van der Waals surface area contributed by atoms with Crippen LogP contribution in [0.15, 0.2) is 10.6 Å². The lowest BCUT2D eigenvalue weighted by molar-refractivity contribution is 0.571. The predicted molar refractivity (Wildman–Crippen MR) is 66.4 cm³/mol. The summed E-state index contributed by atoms with van der Waals surface area (Å²) in [5, 5.41) is 20.3. The Hall–Kier alpha value is -0.440. The highest BCUT2D eigenvalue weighted by Crippen LogP contribution is 2.19. The van der Waals surface area contributed by atoms with E-state index in [1.54, 1.807) is 6.92 Å². The number of hydrogen-bond donors (Lipinski definition) is 3. The molecule has 0 saturated carbocycles. The molecule has 0 aliphatic heterocycles. The molecule has 0 radical (unpaired) electrons. The van der Waals surface area contributed by atoms with Gasteiger partial charge in [0.25, 0.3) is 0 Å². The van der Waals surface area contributed by atoms with E-state index < -0.39 is 0 Å². The Morgan fingerprint density at radius 2 is 2.21 bits per heavy atom. The molecule has 0 aromatic heterocycles. The number of nitrogens with zero attached hydrogens (tertiary/aromatic N) is 1. The summed E-state index contributed by atoms with van der Waals surface area (Å²) in [7, 11) is 0. The van der Waals surface area contributed by atoms with Crippen LogP contribution >= 0.6 is 23.1 Å². The molecule has 80 valence electrons. The third-order valence-electron chi connectivity index (χ3n) is 1.32. The van der Waals surface area contributed by atoms with E-state index in [2.05, 4.69) is 13.8 Å². The smallest absolute Gasteiger partial charge is 0.138 e. The molecule has 0 rings (SSSR count). The summed E-state index contributed by atoms with van der Waals surface area (Å²) in [5.41, 5.74) is 6.04. The Kier molecular flexibility index (Phi) is 6.71. The van der Waals surface area contributed by atoms with E-state index in [-0.39, 0.29) is 5.05 Å². The van der Waals surface area contributed by atoms with E-state index in [4.69, 9.17) is 11.0 Å². The standard InChI is InChI=1S/C9H16N2OS2/c1-6(2)4-13-9(12)8(7(3)11)14-5-10/h6,12-13H,4,11H2,1-3H3/b8-7+. The van der Waals surface area contributed by atoms with Crippen LogP contribution in [0.3, 0.4) is 0 Å². The minimum Gasteiger partial charge on any atom is -0.401 e. The molecule has 0 saturated heterocycles. The number of aliphatic hydroxyl groups excluding tert-OH is 1. The molecule has 0 amide bonds. The average molecular weight is 232 g/mol. The highest BCUT2D eigenvalue weighted by atomic mass is 32.2. The maximum Gasteiger partial charge on any atom is 0.138 e. The van der Waals surface area contributed by atoms with Crippen LogP contribution in [0.1, 0.15) is 20.8 Å². The van der Waals surface area contributed by atoms with Crippen LogP contribution in [0.25, 0.3) is 0 Å². The summed E-state index contributed by atoms with van der Waals surface area (Å²) in [6.07, 6.45) is 0. The molecule has 3 N–H and O–H groups in total. The molecule has 5 heteroatoms. The van der Waals surface area contributed by atoms with Gasteiger partial charge in [0.15, 0.2) is 0 Å². The highest BCUT2D eigenvalue weighted by molar-refractivity contribution is 8.10. The number of hydrogen-bond acceptors (Lipinski definition) is 3. The molecule has 0 spiro atoms. The fourth-order valence-corrected chi connectivity index (χ4v) is 2.22. The summed E-state index contributed by atoms with van der Waals surface area (Å²) in [5.74, 6) is 1.39. The molecule has 0 aliphatic rings. The monoisotopic (exact) mass is 232 g/mol. The molecule has 0 aliphatic carbocycles. The molecular formula is C9H16N2OS2. The molecule has 0 heterocycles. The third-order valence-corrected chi connectivity index (χ3v) is 3.71. The molecule has 3 nitrogen and oxygen atoms in total. The maximum absolute atomic E-state index is 9.65. The van der Waals surface area contributed by atoms with Crippen LogP contribution in [0, 0.1) is 16.6 Å². The van der Waals surface area contributed by atoms with Crippen molar-refractivity contribution in [2.45, 2.75) is 20.8 Å². The summed E-state index contributed by atoms with van der Waals surface area (Å²) < 4.78 is 0. The molecule has 14 heavy (non-hydrogen) atoms. The van der Waals surface area contributed by atoms with Gasteiger partial charge in [0.1, 0.15) is 10.5 Å². The van der Waals surface area contributed by atoms with Gasteiger partial charge in [-0.05, 0) is 30.4 Å². The second-order valence-electron chi connectivity index (χ2n) is 3.26. The third kappa shape index (κ3) is 5.32. The summed E-state index contributed by atoms with van der Waals surface area (Å²) in [4.78, 5) is 0.495. The number of nitriles is 1. The van der Waals surface area contributed by atoms with Crippen molar-refractivity contribution in [1.82, 2.24) is 0 Å². The van der Waals surface area contributed by atoms with Crippen molar-refractivity contribution in [2.24, 2.45) is 11.7 Å². The first-order valence-corrected chi connectivity index (χ1v) is 6.14. The SMILES string of the molecule is C/C(N)=C(SC#N)/C(O)=[SH]\CC(C)C. The normalized spacial score (nSPS) is 14.4. The molecule has 0 atom stereocenters. The van der Waals surface area contributed by atoms with Crippen molar-refractivity contribution in [2.75, 3.05) is 5.75 Å². The lowest BCUT2D eigenvalue weighted by atomic mass is 10.3. The van der Waals surface area contributed by atoms with Gasteiger partial charge in [-0.25, -0.2) is 0 Å². The summed E-state index contributed by atoms with van der Waals surface area (Å²) in [6.45, 7) is 5.84. The van der Waals surface area contributed by atoms with Crippen molar-refractivity contribution in [1.29, 1.82) is 5.26 Å². The first-order valence-electron chi connectivity index (χ1n) is 4.25. The van der Waals surface area contributed by atoms with E-state index in [9.17, 15) is 5.11 Å². The number of aliphatic hydroxyl groups is 1. The van der Waals surface area contributed by atoms with E-state index in [1.165, 1.54) is 0 Å². The predicted octanol–water partition coefficient (Wildman–Crippen LogP) is 2.20. The van der Waals surface area contributed by atoms with E-state index in [0.29, 0.717) is 16.5 Å². The summed E-state index contributed by atoms with van der Waals surface area (Å²) >= 11 is 1.74. The van der Waals surface area contributed by atoms with E-state index in [1.807, 2.05) is 5.40 Å². The Morgan fingerprint density at radius 3 is 2.57 bits per heavy atom. The second-order valence-corrected chi connectivity index (χ2v) is 5.16. The molecule has 0 bridgehead atoms. The zero-order valence-electron chi connectivity index (χ0n) is 8.61. The van der Waals surface area contributed by atoms with Gasteiger partial charge in [-0.3, -0.25) is 0 Å². The van der Waals surface area contributed by atoms with Gasteiger partial charge in [0.2, 0.25) is 0 Å². The van der Waals surface area contributed by atoms with Crippen molar-refractivity contribution in [3.05, 3.63) is 10.6 Å². The van der Waals surface area contributed by atoms with Gasteiger partial charge in [-0.1, -0.05) is 13.8 Å². The lowest BCUT2D eigenvalue weighted by Crippen LogP contribution is -2.05. The molecular weight excluding hydrogens is 216 g/mol. The fraction of sp³-hybridized carbons (Fsp3) is 0.556. The van der Waals surface area contributed by atoms with Crippen LogP contribution < -0.4 is 5.73 Å². The Balaban J connectivity index is 4.63. The number of allylic oxidation sites excluding steroid dienone is 1. The number of nitrogens with two attached hydrogens (primary N) is 1. The van der Waals surface area contributed by atoms with Crippen LogP contribution in [0.5, 0.6) is 0 Å². The van der Waals surface area contributed by atoms with Crippen LogP contribution in [0.2, 0.25) is 0 Å². The van der Waals surface area contributed by atoms with Gasteiger partial charge in [0, 0.05) is 5.70 Å². The van der Waals surface area contributed by atoms with E-state index in [0.717, 1.165) is 28.9 Å². The molecule has 0 aromatic rings. The Morgan fingerprint density at radius 1 is 1.64 bits per heavy atom. The number of thiocyanates is 1. The lowest BCUT2D eigenvalue weighted by Gasteiger charge is -2.05.